The van der Waals surface area contributed by atoms with Gasteiger partial charge in [-0.2, -0.15) is 0 Å². The van der Waals surface area contributed by atoms with Gasteiger partial charge in [0.2, 0.25) is 5.91 Å². The van der Waals surface area contributed by atoms with E-state index in [2.05, 4.69) is 27.2 Å². The minimum Gasteiger partial charge on any atom is -0.497 e. The summed E-state index contributed by atoms with van der Waals surface area (Å²) in [5.41, 5.74) is 2.07. The molecule has 0 saturated carbocycles. The number of amides is 1. The predicted molar refractivity (Wildman–Crippen MR) is 106 cm³/mol. The minimum absolute atomic E-state index is 0.0174. The first-order valence-corrected chi connectivity index (χ1v) is 9.18. The van der Waals surface area contributed by atoms with Crippen molar-refractivity contribution in [3.05, 3.63) is 54.1 Å². The van der Waals surface area contributed by atoms with Crippen LogP contribution in [-0.2, 0) is 11.3 Å². The van der Waals surface area contributed by atoms with Gasteiger partial charge in [0, 0.05) is 38.4 Å². The fraction of sp³-hybridized carbons (Fsp3) is 0.381. The molecule has 6 nitrogen and oxygen atoms in total. The number of hydrogen-bond acceptors (Lipinski definition) is 5. The van der Waals surface area contributed by atoms with E-state index < -0.39 is 0 Å². The van der Waals surface area contributed by atoms with Crippen molar-refractivity contribution in [1.29, 1.82) is 0 Å². The van der Waals surface area contributed by atoms with Gasteiger partial charge in [0.25, 0.3) is 0 Å². The lowest BCUT2D eigenvalue weighted by Crippen LogP contribution is -2.48. The molecule has 6 heteroatoms. The molecule has 2 aromatic carbocycles. The lowest BCUT2D eigenvalue weighted by atomic mass is 10.2. The van der Waals surface area contributed by atoms with Crippen molar-refractivity contribution in [2.75, 3.05) is 52.3 Å². The molecule has 3 rings (SSSR count). The maximum Gasteiger partial charge on any atom is 0.238 e. The molecule has 1 aliphatic rings. The maximum absolute atomic E-state index is 12.3. The number of ether oxygens (including phenoxy) is 2. The van der Waals surface area contributed by atoms with Gasteiger partial charge in [-0.1, -0.05) is 12.1 Å². The van der Waals surface area contributed by atoms with Crippen LogP contribution in [0.15, 0.2) is 48.5 Å². The zero-order valence-corrected chi connectivity index (χ0v) is 16.0. The molecule has 0 spiro atoms. The third-order valence-electron chi connectivity index (χ3n) is 4.77. The van der Waals surface area contributed by atoms with Crippen LogP contribution in [0, 0.1) is 0 Å². The molecule has 27 heavy (non-hydrogen) atoms. The summed E-state index contributed by atoms with van der Waals surface area (Å²) in [6.45, 7) is 5.06. The maximum atomic E-state index is 12.3. The van der Waals surface area contributed by atoms with Crippen LogP contribution in [0.3, 0.4) is 0 Å². The average Bonchev–Trinajstić information content (AvgIpc) is 2.70. The van der Waals surface area contributed by atoms with Crippen molar-refractivity contribution in [2.24, 2.45) is 0 Å². The molecule has 0 unspecified atom stereocenters. The number of piperazine rings is 1. The topological polar surface area (TPSA) is 54.0 Å². The van der Waals surface area contributed by atoms with E-state index in [0.717, 1.165) is 49.9 Å². The molecule has 1 N–H and O–H groups in total. The van der Waals surface area contributed by atoms with Crippen molar-refractivity contribution in [2.45, 2.75) is 6.54 Å². The molecule has 1 heterocycles. The lowest BCUT2D eigenvalue weighted by Gasteiger charge is -2.34. The number of nitrogens with zero attached hydrogens (tertiary/aromatic N) is 2. The summed E-state index contributed by atoms with van der Waals surface area (Å²) in [7, 11) is 3.31. The van der Waals surface area contributed by atoms with Gasteiger partial charge in [0.15, 0.2) is 0 Å². The third-order valence-corrected chi connectivity index (χ3v) is 4.77. The predicted octanol–water partition coefficient (Wildman–Crippen LogP) is 2.46. The Labute approximate surface area is 160 Å². The van der Waals surface area contributed by atoms with Gasteiger partial charge in [-0.3, -0.25) is 14.6 Å². The summed E-state index contributed by atoms with van der Waals surface area (Å²) in [5.74, 6) is 1.68. The van der Waals surface area contributed by atoms with Crippen LogP contribution in [-0.4, -0.2) is 62.7 Å². The Bertz CT molecular complexity index is 723. The van der Waals surface area contributed by atoms with Gasteiger partial charge in [0.1, 0.15) is 11.5 Å². The summed E-state index contributed by atoms with van der Waals surface area (Å²) in [6.07, 6.45) is 0. The first-order chi connectivity index (χ1) is 13.2. The molecule has 2 aromatic rings. The van der Waals surface area contributed by atoms with E-state index in [4.69, 9.17) is 9.47 Å². The second-order valence-electron chi connectivity index (χ2n) is 6.68. The van der Waals surface area contributed by atoms with E-state index in [1.807, 2.05) is 36.4 Å². The summed E-state index contributed by atoms with van der Waals surface area (Å²) in [4.78, 5) is 16.9. The third kappa shape index (κ3) is 5.70. The van der Waals surface area contributed by atoms with Crippen LogP contribution in [0.25, 0.3) is 0 Å². The molecule has 0 radical (unpaired) electrons. The van der Waals surface area contributed by atoms with E-state index in [1.165, 1.54) is 5.56 Å². The highest BCUT2D eigenvalue weighted by Crippen LogP contribution is 2.16. The Morgan fingerprint density at radius 2 is 1.37 bits per heavy atom. The summed E-state index contributed by atoms with van der Waals surface area (Å²) >= 11 is 0. The molecule has 1 amide bonds. The second kappa shape index (κ2) is 9.39. The number of carbonyl (C=O) groups is 1. The SMILES string of the molecule is COc1ccc(CN2CCN(CC(=O)Nc3ccc(OC)cc3)CC2)cc1. The number of hydrogen-bond donors (Lipinski definition) is 1. The van der Waals surface area contributed by atoms with Crippen molar-refractivity contribution in [1.82, 2.24) is 9.80 Å². The van der Waals surface area contributed by atoms with Crippen LogP contribution in [0.4, 0.5) is 5.69 Å². The fourth-order valence-electron chi connectivity index (χ4n) is 3.17. The quantitative estimate of drug-likeness (QED) is 0.813. The average molecular weight is 369 g/mol. The zero-order valence-electron chi connectivity index (χ0n) is 16.0. The van der Waals surface area contributed by atoms with Crippen LogP contribution < -0.4 is 14.8 Å². The van der Waals surface area contributed by atoms with E-state index in [9.17, 15) is 4.79 Å². The van der Waals surface area contributed by atoms with E-state index >= 15 is 0 Å². The number of benzene rings is 2. The minimum atomic E-state index is 0.0174. The number of nitrogens with one attached hydrogen (secondary N) is 1. The van der Waals surface area contributed by atoms with Crippen molar-refractivity contribution >= 4 is 11.6 Å². The molecular weight excluding hydrogens is 342 g/mol. The normalized spacial score (nSPS) is 15.3. The summed E-state index contributed by atoms with van der Waals surface area (Å²) in [6, 6.07) is 15.6. The van der Waals surface area contributed by atoms with Gasteiger partial charge in [0.05, 0.1) is 20.8 Å². The smallest absolute Gasteiger partial charge is 0.238 e. The van der Waals surface area contributed by atoms with Crippen LogP contribution in [0.5, 0.6) is 11.5 Å². The Morgan fingerprint density at radius 1 is 0.852 bits per heavy atom. The molecular formula is C21H27N3O3. The Kier molecular flexibility index (Phi) is 6.68. The van der Waals surface area contributed by atoms with Gasteiger partial charge in [-0.15, -0.1) is 0 Å². The Morgan fingerprint density at radius 3 is 1.93 bits per heavy atom. The molecule has 1 aliphatic heterocycles. The Balaban J connectivity index is 1.41. The summed E-state index contributed by atoms with van der Waals surface area (Å²) < 4.78 is 10.3. The first-order valence-electron chi connectivity index (χ1n) is 9.18. The van der Waals surface area contributed by atoms with E-state index in [0.29, 0.717) is 6.54 Å². The molecule has 0 aromatic heterocycles. The molecule has 0 atom stereocenters. The molecule has 1 fully saturated rings. The molecule has 1 saturated heterocycles. The van der Waals surface area contributed by atoms with Crippen LogP contribution >= 0.6 is 0 Å². The first kappa shape index (κ1) is 19.2. The highest BCUT2D eigenvalue weighted by molar-refractivity contribution is 5.92. The largest absolute Gasteiger partial charge is 0.497 e. The standard InChI is InChI=1S/C21H27N3O3/c1-26-19-7-3-17(4-8-19)15-23-11-13-24(14-12-23)16-21(25)22-18-5-9-20(27-2)10-6-18/h3-10H,11-16H2,1-2H3,(H,22,25). The fourth-order valence-corrected chi connectivity index (χ4v) is 3.17. The number of carbonyl (C=O) groups excluding carboxylic acids is 1. The monoisotopic (exact) mass is 369 g/mol. The number of methoxy groups -OCH3 is 2. The van der Waals surface area contributed by atoms with Crippen molar-refractivity contribution < 1.29 is 14.3 Å². The van der Waals surface area contributed by atoms with Crippen LogP contribution in [0.1, 0.15) is 5.56 Å². The van der Waals surface area contributed by atoms with E-state index in [-0.39, 0.29) is 5.91 Å². The lowest BCUT2D eigenvalue weighted by molar-refractivity contribution is -0.117. The van der Waals surface area contributed by atoms with Gasteiger partial charge in [-0.05, 0) is 42.0 Å². The summed E-state index contributed by atoms with van der Waals surface area (Å²) in [5, 5.41) is 2.94. The second-order valence-corrected chi connectivity index (χ2v) is 6.68. The zero-order chi connectivity index (χ0) is 19.1. The van der Waals surface area contributed by atoms with E-state index in [1.54, 1.807) is 14.2 Å². The van der Waals surface area contributed by atoms with Gasteiger partial charge < -0.3 is 14.8 Å². The Hall–Kier alpha value is -2.57. The van der Waals surface area contributed by atoms with Crippen LogP contribution in [0.2, 0.25) is 0 Å². The van der Waals surface area contributed by atoms with Gasteiger partial charge >= 0.3 is 0 Å². The van der Waals surface area contributed by atoms with Crippen molar-refractivity contribution in [3.63, 3.8) is 0 Å². The number of anilines is 1. The molecule has 144 valence electrons. The van der Waals surface area contributed by atoms with Crippen molar-refractivity contribution in [3.8, 4) is 11.5 Å². The molecule has 0 aliphatic carbocycles. The molecule has 0 bridgehead atoms. The number of rotatable bonds is 7. The van der Waals surface area contributed by atoms with Gasteiger partial charge in [-0.25, -0.2) is 0 Å². The highest BCUT2D eigenvalue weighted by atomic mass is 16.5. The highest BCUT2D eigenvalue weighted by Gasteiger charge is 2.19.